The molecule has 0 fully saturated rings. The summed E-state index contributed by atoms with van der Waals surface area (Å²) in [5.74, 6) is -0.554. The number of anilines is 2. The van der Waals surface area contributed by atoms with Gasteiger partial charge in [-0.25, -0.2) is 10.5 Å². The van der Waals surface area contributed by atoms with Crippen LogP contribution < -0.4 is 10.8 Å². The Morgan fingerprint density at radius 2 is 1.77 bits per heavy atom. The molecule has 3 aromatic carbocycles. The third-order valence-electron chi connectivity index (χ3n) is 4.16. The molecule has 0 bridgehead atoms. The molecule has 0 aromatic heterocycles. The van der Waals surface area contributed by atoms with Crippen molar-refractivity contribution in [1.29, 1.82) is 0 Å². The van der Waals surface area contributed by atoms with Crippen molar-refractivity contribution in [2.45, 2.75) is 0 Å². The van der Waals surface area contributed by atoms with Gasteiger partial charge in [0.05, 0.1) is 17.1 Å². The van der Waals surface area contributed by atoms with E-state index in [1.807, 2.05) is 36.4 Å². The normalized spacial score (nSPS) is 12.2. The van der Waals surface area contributed by atoms with E-state index >= 15 is 0 Å². The summed E-state index contributed by atoms with van der Waals surface area (Å²) in [4.78, 5) is 16.4. The van der Waals surface area contributed by atoms with Crippen LogP contribution in [0.5, 0.6) is 0 Å². The molecular formula is C20H14ClN3O2. The van der Waals surface area contributed by atoms with Crippen LogP contribution in [-0.2, 0) is 0 Å². The van der Waals surface area contributed by atoms with Crippen LogP contribution >= 0.6 is 11.6 Å². The Kier molecular flexibility index (Phi) is 4.16. The lowest BCUT2D eigenvalue weighted by atomic mass is 9.99. The molecule has 1 aliphatic rings. The SMILES string of the molecule is O=C(NO)c1ccc(C2=Nc3ccc(Cl)cc3Nc3ccccc32)cc1. The van der Waals surface area contributed by atoms with E-state index in [0.29, 0.717) is 10.6 Å². The average molecular weight is 364 g/mol. The number of carbonyl (C=O) groups is 1. The number of aliphatic imine (C=N–C) groups is 1. The largest absolute Gasteiger partial charge is 0.353 e. The third-order valence-corrected chi connectivity index (χ3v) is 4.40. The number of nitrogens with zero attached hydrogens (tertiary/aromatic N) is 1. The van der Waals surface area contributed by atoms with Crippen LogP contribution in [-0.4, -0.2) is 16.8 Å². The van der Waals surface area contributed by atoms with Crippen molar-refractivity contribution in [2.24, 2.45) is 4.99 Å². The zero-order valence-electron chi connectivity index (χ0n) is 13.5. The average Bonchev–Trinajstić information content (AvgIpc) is 2.83. The molecule has 3 N–H and O–H groups in total. The molecule has 5 nitrogen and oxygen atoms in total. The second kappa shape index (κ2) is 6.63. The van der Waals surface area contributed by atoms with E-state index in [-0.39, 0.29) is 0 Å². The molecule has 0 saturated heterocycles. The standard InChI is InChI=1S/C20H14ClN3O2/c21-14-9-10-17-18(11-14)22-16-4-2-1-3-15(16)19(23-17)12-5-7-13(8-6-12)20(25)24-26/h1-11,22,26H,(H,24,25). The number of fused-ring (bicyclic) bond motifs is 2. The summed E-state index contributed by atoms with van der Waals surface area (Å²) in [6.45, 7) is 0. The smallest absolute Gasteiger partial charge is 0.274 e. The van der Waals surface area contributed by atoms with E-state index in [2.05, 4.69) is 5.32 Å². The minimum Gasteiger partial charge on any atom is -0.353 e. The molecule has 0 saturated carbocycles. The molecular weight excluding hydrogens is 350 g/mol. The van der Waals surface area contributed by atoms with Crippen molar-refractivity contribution in [3.05, 3.63) is 88.4 Å². The molecule has 26 heavy (non-hydrogen) atoms. The molecule has 1 heterocycles. The zero-order valence-corrected chi connectivity index (χ0v) is 14.3. The Morgan fingerprint density at radius 3 is 2.54 bits per heavy atom. The number of halogens is 1. The summed E-state index contributed by atoms with van der Waals surface area (Å²) >= 11 is 6.12. The molecule has 0 spiro atoms. The van der Waals surface area contributed by atoms with Gasteiger partial charge in [-0.3, -0.25) is 10.0 Å². The number of hydroxylamine groups is 1. The fourth-order valence-electron chi connectivity index (χ4n) is 2.89. The van der Waals surface area contributed by atoms with Crippen LogP contribution in [0.25, 0.3) is 0 Å². The molecule has 1 amide bonds. The first-order chi connectivity index (χ1) is 12.7. The summed E-state index contributed by atoms with van der Waals surface area (Å²) in [5.41, 5.74) is 7.11. The zero-order chi connectivity index (χ0) is 18.1. The van der Waals surface area contributed by atoms with E-state index in [1.54, 1.807) is 35.8 Å². The van der Waals surface area contributed by atoms with Gasteiger partial charge in [-0.1, -0.05) is 41.9 Å². The number of benzene rings is 3. The van der Waals surface area contributed by atoms with Gasteiger partial charge in [0.1, 0.15) is 0 Å². The molecule has 0 unspecified atom stereocenters. The number of nitrogens with one attached hydrogen (secondary N) is 2. The first-order valence-electron chi connectivity index (χ1n) is 7.95. The highest BCUT2D eigenvalue weighted by atomic mass is 35.5. The van der Waals surface area contributed by atoms with Crippen molar-refractivity contribution in [1.82, 2.24) is 5.48 Å². The second-order valence-electron chi connectivity index (χ2n) is 5.81. The number of rotatable bonds is 2. The highest BCUT2D eigenvalue weighted by Crippen LogP contribution is 2.37. The van der Waals surface area contributed by atoms with Gasteiger partial charge in [-0.15, -0.1) is 0 Å². The summed E-state index contributed by atoms with van der Waals surface area (Å²) in [6.07, 6.45) is 0. The minimum absolute atomic E-state index is 0.365. The van der Waals surface area contributed by atoms with E-state index < -0.39 is 5.91 Å². The summed E-state index contributed by atoms with van der Waals surface area (Å²) in [5, 5.41) is 12.8. The molecule has 0 radical (unpaired) electrons. The molecule has 3 aromatic rings. The van der Waals surface area contributed by atoms with Crippen LogP contribution in [0.2, 0.25) is 5.02 Å². The van der Waals surface area contributed by atoms with E-state index in [4.69, 9.17) is 21.8 Å². The van der Waals surface area contributed by atoms with Crippen molar-refractivity contribution >= 4 is 40.3 Å². The van der Waals surface area contributed by atoms with Gasteiger partial charge in [0.2, 0.25) is 0 Å². The van der Waals surface area contributed by atoms with Crippen molar-refractivity contribution in [3.63, 3.8) is 0 Å². The van der Waals surface area contributed by atoms with Gasteiger partial charge in [-0.05, 0) is 36.4 Å². The number of hydrogen-bond acceptors (Lipinski definition) is 4. The van der Waals surface area contributed by atoms with Crippen LogP contribution in [0.4, 0.5) is 17.1 Å². The van der Waals surface area contributed by atoms with Gasteiger partial charge < -0.3 is 5.32 Å². The molecule has 6 heteroatoms. The highest BCUT2D eigenvalue weighted by molar-refractivity contribution is 6.31. The van der Waals surface area contributed by atoms with E-state index in [0.717, 1.165) is 33.9 Å². The quantitative estimate of drug-likeness (QED) is 0.357. The number of hydrogen-bond donors (Lipinski definition) is 3. The molecule has 0 aliphatic carbocycles. The fraction of sp³-hybridized carbons (Fsp3) is 0. The Labute approximate surface area is 154 Å². The lowest BCUT2D eigenvalue weighted by molar-refractivity contribution is 0.0706. The number of amides is 1. The molecule has 1 aliphatic heterocycles. The fourth-order valence-corrected chi connectivity index (χ4v) is 3.07. The second-order valence-corrected chi connectivity index (χ2v) is 6.25. The van der Waals surface area contributed by atoms with E-state index in [1.165, 1.54) is 0 Å². The molecule has 0 atom stereocenters. The van der Waals surface area contributed by atoms with Crippen molar-refractivity contribution in [2.75, 3.05) is 5.32 Å². The summed E-state index contributed by atoms with van der Waals surface area (Å²) in [7, 11) is 0. The number of para-hydroxylation sites is 1. The van der Waals surface area contributed by atoms with Gasteiger partial charge in [0.15, 0.2) is 0 Å². The first-order valence-corrected chi connectivity index (χ1v) is 8.33. The Balaban J connectivity index is 1.87. The maximum absolute atomic E-state index is 11.5. The number of carbonyl (C=O) groups excluding carboxylic acids is 1. The van der Waals surface area contributed by atoms with Gasteiger partial charge in [0, 0.05) is 27.4 Å². The third kappa shape index (κ3) is 2.94. The Bertz CT molecular complexity index is 1030. The lowest BCUT2D eigenvalue weighted by Crippen LogP contribution is -2.18. The maximum Gasteiger partial charge on any atom is 0.274 e. The first kappa shape index (κ1) is 16.3. The summed E-state index contributed by atoms with van der Waals surface area (Å²) < 4.78 is 0. The molecule has 4 rings (SSSR count). The monoisotopic (exact) mass is 363 g/mol. The predicted molar refractivity (Wildman–Crippen MR) is 102 cm³/mol. The summed E-state index contributed by atoms with van der Waals surface area (Å²) in [6, 6.07) is 20.3. The van der Waals surface area contributed by atoms with Crippen molar-refractivity contribution in [3.8, 4) is 0 Å². The minimum atomic E-state index is -0.554. The Morgan fingerprint density at radius 1 is 1.00 bits per heavy atom. The van der Waals surface area contributed by atoms with Crippen LogP contribution in [0.15, 0.2) is 71.7 Å². The highest BCUT2D eigenvalue weighted by Gasteiger charge is 2.18. The van der Waals surface area contributed by atoms with Crippen LogP contribution in [0.1, 0.15) is 21.5 Å². The van der Waals surface area contributed by atoms with Crippen LogP contribution in [0, 0.1) is 0 Å². The lowest BCUT2D eigenvalue weighted by Gasteiger charge is -2.11. The topological polar surface area (TPSA) is 73.7 Å². The van der Waals surface area contributed by atoms with Crippen LogP contribution in [0.3, 0.4) is 0 Å². The van der Waals surface area contributed by atoms with Crippen molar-refractivity contribution < 1.29 is 10.0 Å². The van der Waals surface area contributed by atoms with E-state index in [9.17, 15) is 4.79 Å². The van der Waals surface area contributed by atoms with Gasteiger partial charge in [0.25, 0.3) is 5.91 Å². The Hall–Kier alpha value is -3.15. The maximum atomic E-state index is 11.5. The van der Waals surface area contributed by atoms with Gasteiger partial charge >= 0.3 is 0 Å². The van der Waals surface area contributed by atoms with Gasteiger partial charge in [-0.2, -0.15) is 0 Å². The molecule has 128 valence electrons. The predicted octanol–water partition coefficient (Wildman–Crippen LogP) is 4.69.